The van der Waals surface area contributed by atoms with Crippen LogP contribution >= 0.6 is 11.8 Å². The normalized spacial score (nSPS) is 12.1. The second kappa shape index (κ2) is 10.7. The molecule has 2 N–H and O–H groups in total. The molecule has 6 heteroatoms. The standard InChI is InChI=1S/C23H26N4OS/c1-29-21-8-6-20(7-9-21)22(23(24)28)27(14-10-18-4-2-12-25-16-18)15-11-19-5-3-13-26-17-19/h2-9,12-13,16-17,22H,10-11,14-15H2,1H3,(H2,24,28). The largest absolute Gasteiger partial charge is 0.368 e. The Kier molecular flexibility index (Phi) is 7.78. The molecule has 0 aliphatic carbocycles. The lowest BCUT2D eigenvalue weighted by molar-refractivity contribution is -0.123. The average Bonchev–Trinajstić information content (AvgIpc) is 2.77. The summed E-state index contributed by atoms with van der Waals surface area (Å²) in [7, 11) is 0. The first-order valence-corrected chi connectivity index (χ1v) is 10.8. The maximum absolute atomic E-state index is 12.5. The quantitative estimate of drug-likeness (QED) is 0.522. The number of primary amides is 1. The van der Waals surface area contributed by atoms with Crippen LogP contribution in [0.3, 0.4) is 0 Å². The summed E-state index contributed by atoms with van der Waals surface area (Å²) in [4.78, 5) is 24.2. The van der Waals surface area contributed by atoms with Gasteiger partial charge in [-0.1, -0.05) is 24.3 Å². The van der Waals surface area contributed by atoms with Gasteiger partial charge >= 0.3 is 0 Å². The molecule has 0 saturated carbocycles. The number of amides is 1. The number of aromatic nitrogens is 2. The number of thioether (sulfide) groups is 1. The molecule has 29 heavy (non-hydrogen) atoms. The molecule has 3 aromatic rings. The van der Waals surface area contributed by atoms with Gasteiger partial charge in [0.1, 0.15) is 6.04 Å². The Bertz CT molecular complexity index is 844. The number of carbonyl (C=O) groups is 1. The smallest absolute Gasteiger partial charge is 0.239 e. The van der Waals surface area contributed by atoms with Crippen LogP contribution < -0.4 is 5.73 Å². The van der Waals surface area contributed by atoms with Gasteiger partial charge in [-0.2, -0.15) is 0 Å². The van der Waals surface area contributed by atoms with Gasteiger partial charge in [0, 0.05) is 42.8 Å². The second-order valence-corrected chi connectivity index (χ2v) is 7.72. The van der Waals surface area contributed by atoms with E-state index in [2.05, 4.69) is 27.0 Å². The number of benzene rings is 1. The summed E-state index contributed by atoms with van der Waals surface area (Å²) in [5, 5.41) is 0. The molecule has 0 aliphatic heterocycles. The molecular formula is C23H26N4OS. The van der Waals surface area contributed by atoms with Crippen LogP contribution in [0, 0.1) is 0 Å². The first-order chi connectivity index (χ1) is 14.2. The van der Waals surface area contributed by atoms with Gasteiger partial charge in [0.05, 0.1) is 0 Å². The van der Waals surface area contributed by atoms with Crippen molar-refractivity contribution in [3.8, 4) is 0 Å². The number of hydrogen-bond donors (Lipinski definition) is 1. The fourth-order valence-electron chi connectivity index (χ4n) is 3.35. The van der Waals surface area contributed by atoms with E-state index in [9.17, 15) is 4.79 Å². The molecule has 0 spiro atoms. The van der Waals surface area contributed by atoms with E-state index >= 15 is 0 Å². The van der Waals surface area contributed by atoms with E-state index in [4.69, 9.17) is 5.73 Å². The molecule has 1 atom stereocenters. The zero-order chi connectivity index (χ0) is 20.5. The average molecular weight is 407 g/mol. The van der Waals surface area contributed by atoms with E-state index in [1.165, 1.54) is 0 Å². The summed E-state index contributed by atoms with van der Waals surface area (Å²) in [5.41, 5.74) is 9.07. The lowest BCUT2D eigenvalue weighted by Crippen LogP contribution is -2.40. The van der Waals surface area contributed by atoms with Crippen LogP contribution in [0.1, 0.15) is 22.7 Å². The Morgan fingerprint density at radius 2 is 1.52 bits per heavy atom. The number of nitrogens with two attached hydrogens (primary N) is 1. The molecule has 2 aromatic heterocycles. The molecule has 0 fully saturated rings. The molecule has 5 nitrogen and oxygen atoms in total. The summed E-state index contributed by atoms with van der Waals surface area (Å²) in [6, 6.07) is 15.6. The fraction of sp³-hybridized carbons (Fsp3) is 0.261. The van der Waals surface area contributed by atoms with Gasteiger partial charge in [-0.05, 0) is 60.1 Å². The molecular weight excluding hydrogens is 380 g/mol. The summed E-state index contributed by atoms with van der Waals surface area (Å²) < 4.78 is 0. The van der Waals surface area contributed by atoms with Gasteiger partial charge in [0.2, 0.25) is 5.91 Å². The second-order valence-electron chi connectivity index (χ2n) is 6.84. The van der Waals surface area contributed by atoms with Crippen LogP contribution in [0.2, 0.25) is 0 Å². The highest BCUT2D eigenvalue weighted by Gasteiger charge is 2.25. The Morgan fingerprint density at radius 1 is 0.966 bits per heavy atom. The Hall–Kier alpha value is -2.70. The molecule has 3 rings (SSSR count). The Morgan fingerprint density at radius 3 is 1.93 bits per heavy atom. The highest BCUT2D eigenvalue weighted by Crippen LogP contribution is 2.24. The molecule has 2 heterocycles. The lowest BCUT2D eigenvalue weighted by Gasteiger charge is -2.30. The minimum Gasteiger partial charge on any atom is -0.368 e. The number of pyridine rings is 2. The highest BCUT2D eigenvalue weighted by atomic mass is 32.2. The number of carbonyl (C=O) groups excluding carboxylic acids is 1. The monoisotopic (exact) mass is 406 g/mol. The summed E-state index contributed by atoms with van der Waals surface area (Å²) >= 11 is 1.68. The molecule has 0 bridgehead atoms. The van der Waals surface area contributed by atoms with Crippen LogP contribution in [0.4, 0.5) is 0 Å². The first kappa shape index (κ1) is 21.0. The molecule has 1 amide bonds. The summed E-state index contributed by atoms with van der Waals surface area (Å²) in [6.45, 7) is 1.42. The lowest BCUT2D eigenvalue weighted by atomic mass is 10.0. The van der Waals surface area contributed by atoms with Gasteiger partial charge in [-0.25, -0.2) is 0 Å². The minimum atomic E-state index is -0.473. The Labute approximate surface area is 176 Å². The minimum absolute atomic E-state index is 0.334. The van der Waals surface area contributed by atoms with Gasteiger partial charge in [-0.3, -0.25) is 19.7 Å². The maximum Gasteiger partial charge on any atom is 0.239 e. The summed E-state index contributed by atoms with van der Waals surface area (Å²) in [6.07, 6.45) is 10.9. The molecule has 1 aromatic carbocycles. The molecule has 0 aliphatic rings. The van der Waals surface area contributed by atoms with Gasteiger partial charge in [-0.15, -0.1) is 11.8 Å². The van der Waals surface area contributed by atoms with E-state index in [1.807, 2.05) is 55.0 Å². The van der Waals surface area contributed by atoms with E-state index < -0.39 is 6.04 Å². The van der Waals surface area contributed by atoms with Crippen molar-refractivity contribution in [3.05, 3.63) is 90.0 Å². The molecule has 1 unspecified atom stereocenters. The third kappa shape index (κ3) is 6.14. The third-order valence-corrected chi connectivity index (χ3v) is 5.63. The van der Waals surface area contributed by atoms with Crippen molar-refractivity contribution < 1.29 is 4.79 Å². The van der Waals surface area contributed by atoms with Crippen molar-refractivity contribution in [1.29, 1.82) is 0 Å². The highest BCUT2D eigenvalue weighted by molar-refractivity contribution is 7.98. The topological polar surface area (TPSA) is 72.1 Å². The zero-order valence-corrected chi connectivity index (χ0v) is 17.4. The van der Waals surface area contributed by atoms with E-state index in [0.29, 0.717) is 13.1 Å². The van der Waals surface area contributed by atoms with Crippen molar-refractivity contribution in [1.82, 2.24) is 14.9 Å². The van der Waals surface area contributed by atoms with Gasteiger partial charge in [0.15, 0.2) is 0 Å². The number of hydrogen-bond acceptors (Lipinski definition) is 5. The van der Waals surface area contributed by atoms with E-state index in [1.54, 1.807) is 24.2 Å². The predicted octanol–water partition coefficient (Wildman–Crippen LogP) is 3.51. The SMILES string of the molecule is CSc1ccc(C(C(N)=O)N(CCc2cccnc2)CCc2cccnc2)cc1. The maximum atomic E-state index is 12.5. The van der Waals surface area contributed by atoms with Gasteiger partial charge in [0.25, 0.3) is 0 Å². The van der Waals surface area contributed by atoms with Crippen molar-refractivity contribution in [2.75, 3.05) is 19.3 Å². The molecule has 0 radical (unpaired) electrons. The summed E-state index contributed by atoms with van der Waals surface area (Å²) in [5.74, 6) is -0.334. The molecule has 0 saturated heterocycles. The van der Waals surface area contributed by atoms with Crippen molar-refractivity contribution in [2.45, 2.75) is 23.8 Å². The third-order valence-electron chi connectivity index (χ3n) is 4.89. The Balaban J connectivity index is 1.81. The van der Waals surface area contributed by atoms with Crippen molar-refractivity contribution in [3.63, 3.8) is 0 Å². The van der Waals surface area contributed by atoms with Crippen LogP contribution in [-0.4, -0.2) is 40.1 Å². The predicted molar refractivity (Wildman–Crippen MR) is 118 cm³/mol. The first-order valence-electron chi connectivity index (χ1n) is 9.62. The van der Waals surface area contributed by atoms with Crippen molar-refractivity contribution >= 4 is 17.7 Å². The molecule has 150 valence electrons. The zero-order valence-electron chi connectivity index (χ0n) is 16.6. The number of nitrogens with zero attached hydrogens (tertiary/aromatic N) is 3. The number of rotatable bonds is 10. The van der Waals surface area contributed by atoms with E-state index in [-0.39, 0.29) is 5.91 Å². The van der Waals surface area contributed by atoms with Crippen molar-refractivity contribution in [2.24, 2.45) is 5.73 Å². The van der Waals surface area contributed by atoms with Crippen LogP contribution in [0.5, 0.6) is 0 Å². The van der Waals surface area contributed by atoms with Crippen LogP contribution in [0.25, 0.3) is 0 Å². The van der Waals surface area contributed by atoms with Gasteiger partial charge < -0.3 is 5.73 Å². The van der Waals surface area contributed by atoms with E-state index in [0.717, 1.165) is 34.4 Å². The fourth-order valence-corrected chi connectivity index (χ4v) is 3.76. The van der Waals surface area contributed by atoms with Crippen LogP contribution in [0.15, 0.2) is 78.2 Å². The van der Waals surface area contributed by atoms with Crippen LogP contribution in [-0.2, 0) is 17.6 Å².